The first-order valence-corrected chi connectivity index (χ1v) is 13.6. The minimum absolute atomic E-state index is 0.00249. The summed E-state index contributed by atoms with van der Waals surface area (Å²) in [6.07, 6.45) is 1.79. The van der Waals surface area contributed by atoms with E-state index in [0.29, 0.717) is 40.1 Å². The van der Waals surface area contributed by atoms with Crippen LogP contribution in [0, 0.1) is 5.92 Å². The third-order valence-corrected chi connectivity index (χ3v) is 7.19. The number of fused-ring (bicyclic) bond motifs is 1. The van der Waals surface area contributed by atoms with Crippen LogP contribution in [0.15, 0.2) is 61.3 Å². The van der Waals surface area contributed by atoms with Crippen LogP contribution in [-0.2, 0) is 9.53 Å². The van der Waals surface area contributed by atoms with Crippen LogP contribution in [-0.4, -0.2) is 67.2 Å². The molecule has 1 unspecified atom stereocenters. The van der Waals surface area contributed by atoms with Gasteiger partial charge in [-0.25, -0.2) is 14.7 Å². The standard InChI is InChI=1S/C30H35N7O4/c1-6-26(38)32-20-8-7-9-22(16-20)37-28-23(27(19(2)3)41-30(37)39)18-31-29(34-28)33-24-11-10-21(17-25(24)40-5)36-14-12-35(4)13-15-36/h6-11,16-19,27H,1,12-15H2,2-5H3,(H,32,38)(H,31,33,34). The summed E-state index contributed by atoms with van der Waals surface area (Å²) in [5, 5.41) is 5.99. The number of hydrogen-bond acceptors (Lipinski definition) is 9. The summed E-state index contributed by atoms with van der Waals surface area (Å²) in [5.74, 6) is 1.00. The number of carbonyl (C=O) groups excluding carboxylic acids is 2. The summed E-state index contributed by atoms with van der Waals surface area (Å²) in [5.41, 5.74) is 3.46. The number of hydrogen-bond donors (Lipinski definition) is 2. The van der Waals surface area contributed by atoms with Gasteiger partial charge in [-0.15, -0.1) is 0 Å². The fraction of sp³-hybridized carbons (Fsp3) is 0.333. The van der Waals surface area contributed by atoms with Crippen molar-refractivity contribution in [2.24, 2.45) is 5.92 Å². The molecule has 0 spiro atoms. The normalized spacial score (nSPS) is 17.1. The Hall–Kier alpha value is -4.64. The topological polar surface area (TPSA) is 112 Å². The Morgan fingerprint density at radius 2 is 1.93 bits per heavy atom. The lowest BCUT2D eigenvalue weighted by molar-refractivity contribution is -0.111. The van der Waals surface area contributed by atoms with Crippen LogP contribution in [0.5, 0.6) is 5.75 Å². The van der Waals surface area contributed by atoms with Gasteiger partial charge in [0.25, 0.3) is 0 Å². The van der Waals surface area contributed by atoms with Gasteiger partial charge in [0, 0.05) is 49.8 Å². The summed E-state index contributed by atoms with van der Waals surface area (Å²) in [4.78, 5) is 40.6. The summed E-state index contributed by atoms with van der Waals surface area (Å²) in [7, 11) is 3.76. The minimum atomic E-state index is -0.567. The van der Waals surface area contributed by atoms with Gasteiger partial charge in [0.05, 0.1) is 24.0 Å². The fourth-order valence-electron chi connectivity index (χ4n) is 4.94. The molecule has 2 N–H and O–H groups in total. The predicted octanol–water partition coefficient (Wildman–Crippen LogP) is 5.09. The summed E-state index contributed by atoms with van der Waals surface area (Å²) < 4.78 is 11.5. The molecule has 2 amide bonds. The first-order valence-electron chi connectivity index (χ1n) is 13.6. The molecule has 1 atom stereocenters. The fourth-order valence-corrected chi connectivity index (χ4v) is 4.94. The van der Waals surface area contributed by atoms with Gasteiger partial charge >= 0.3 is 6.09 Å². The highest BCUT2D eigenvalue weighted by atomic mass is 16.6. The lowest BCUT2D eigenvalue weighted by Crippen LogP contribution is -2.44. The van der Waals surface area contributed by atoms with Crippen molar-refractivity contribution >= 4 is 46.5 Å². The molecule has 2 aliphatic heterocycles. The number of benzene rings is 2. The van der Waals surface area contributed by atoms with Gasteiger partial charge in [-0.2, -0.15) is 4.98 Å². The van der Waals surface area contributed by atoms with Gasteiger partial charge in [-0.3, -0.25) is 4.79 Å². The number of carbonyl (C=O) groups is 2. The van der Waals surface area contributed by atoms with Crippen molar-refractivity contribution in [1.82, 2.24) is 14.9 Å². The number of anilines is 6. The van der Waals surface area contributed by atoms with Crippen molar-refractivity contribution in [1.29, 1.82) is 0 Å². The van der Waals surface area contributed by atoms with Crippen LogP contribution in [0.4, 0.5) is 39.3 Å². The van der Waals surface area contributed by atoms with E-state index in [9.17, 15) is 9.59 Å². The van der Waals surface area contributed by atoms with Crippen LogP contribution >= 0.6 is 0 Å². The first-order chi connectivity index (χ1) is 19.8. The van der Waals surface area contributed by atoms with Crippen molar-refractivity contribution in [2.45, 2.75) is 20.0 Å². The second-order valence-electron chi connectivity index (χ2n) is 10.4. The van der Waals surface area contributed by atoms with E-state index in [0.717, 1.165) is 31.9 Å². The van der Waals surface area contributed by atoms with Crippen LogP contribution in [0.3, 0.4) is 0 Å². The van der Waals surface area contributed by atoms with Crippen LogP contribution in [0.1, 0.15) is 25.5 Å². The molecule has 1 fully saturated rings. The number of rotatable bonds is 8. The molecule has 2 aromatic carbocycles. The molecule has 0 saturated carbocycles. The largest absolute Gasteiger partial charge is 0.494 e. The van der Waals surface area contributed by atoms with Gasteiger partial charge < -0.3 is 29.9 Å². The Morgan fingerprint density at radius 1 is 1.15 bits per heavy atom. The van der Waals surface area contributed by atoms with E-state index >= 15 is 0 Å². The lowest BCUT2D eigenvalue weighted by atomic mass is 9.99. The maximum absolute atomic E-state index is 13.3. The zero-order valence-electron chi connectivity index (χ0n) is 23.8. The average Bonchev–Trinajstić information content (AvgIpc) is 2.97. The number of piperazine rings is 1. The molecule has 41 heavy (non-hydrogen) atoms. The average molecular weight is 558 g/mol. The molecule has 1 aromatic heterocycles. The highest BCUT2D eigenvalue weighted by Gasteiger charge is 2.37. The Labute approximate surface area is 239 Å². The summed E-state index contributed by atoms with van der Waals surface area (Å²) in [6.45, 7) is 11.3. The number of methoxy groups -OCH3 is 1. The third kappa shape index (κ3) is 5.94. The summed E-state index contributed by atoms with van der Waals surface area (Å²) >= 11 is 0. The number of aromatic nitrogens is 2. The molecule has 1 saturated heterocycles. The van der Waals surface area contributed by atoms with Crippen LogP contribution < -0.4 is 25.2 Å². The summed E-state index contributed by atoms with van der Waals surface area (Å²) in [6, 6.07) is 12.9. The smallest absolute Gasteiger partial charge is 0.420 e. The molecule has 3 aromatic rings. The molecule has 11 nitrogen and oxygen atoms in total. The van der Waals surface area contributed by atoms with Crippen LogP contribution in [0.25, 0.3) is 0 Å². The van der Waals surface area contributed by atoms with Crippen molar-refractivity contribution in [3.05, 3.63) is 66.9 Å². The van der Waals surface area contributed by atoms with E-state index in [4.69, 9.17) is 14.5 Å². The van der Waals surface area contributed by atoms with Gasteiger partial charge in [0.2, 0.25) is 11.9 Å². The number of likely N-dealkylation sites (N-methyl/N-ethyl adjacent to an activating group) is 1. The molecule has 0 radical (unpaired) electrons. The maximum Gasteiger partial charge on any atom is 0.420 e. The number of amides is 2. The van der Waals surface area contributed by atoms with Gasteiger partial charge in [0.1, 0.15) is 11.9 Å². The van der Waals surface area contributed by atoms with Crippen LogP contribution in [0.2, 0.25) is 0 Å². The number of cyclic esters (lactones) is 1. The molecular formula is C30H35N7O4. The quantitative estimate of drug-likeness (QED) is 0.366. The Bertz CT molecular complexity index is 1450. The van der Waals surface area contributed by atoms with E-state index in [1.165, 1.54) is 11.0 Å². The lowest BCUT2D eigenvalue weighted by Gasteiger charge is -2.34. The van der Waals surface area contributed by atoms with E-state index in [1.807, 2.05) is 26.0 Å². The molecule has 3 heterocycles. The van der Waals surface area contributed by atoms with E-state index < -0.39 is 12.2 Å². The predicted molar refractivity (Wildman–Crippen MR) is 159 cm³/mol. The molecule has 214 valence electrons. The SMILES string of the molecule is C=CC(=O)Nc1cccc(N2C(=O)OC(C(C)C)c3cnc(Nc4ccc(N5CCN(C)CC5)cc4OC)nc32)c1. The van der Waals surface area contributed by atoms with Crippen molar-refractivity contribution in [3.63, 3.8) is 0 Å². The minimum Gasteiger partial charge on any atom is -0.494 e. The zero-order chi connectivity index (χ0) is 29.1. The first kappa shape index (κ1) is 27.9. The maximum atomic E-state index is 13.3. The molecular weight excluding hydrogens is 522 g/mol. The zero-order valence-corrected chi connectivity index (χ0v) is 23.8. The molecule has 0 aliphatic carbocycles. The van der Waals surface area contributed by atoms with E-state index in [2.05, 4.69) is 45.1 Å². The molecule has 11 heteroatoms. The van der Waals surface area contributed by atoms with Crippen molar-refractivity contribution < 1.29 is 19.1 Å². The Balaban J connectivity index is 1.48. The van der Waals surface area contributed by atoms with Crippen molar-refractivity contribution in [3.8, 4) is 5.75 Å². The number of nitrogens with zero attached hydrogens (tertiary/aromatic N) is 5. The second-order valence-corrected chi connectivity index (χ2v) is 10.4. The molecule has 0 bridgehead atoms. The molecule has 2 aliphatic rings. The monoisotopic (exact) mass is 557 g/mol. The second kappa shape index (κ2) is 11.8. The Morgan fingerprint density at radius 3 is 2.63 bits per heavy atom. The highest BCUT2D eigenvalue weighted by Crippen LogP contribution is 2.42. The van der Waals surface area contributed by atoms with Crippen molar-refractivity contribution in [2.75, 3.05) is 60.8 Å². The number of ether oxygens (including phenoxy) is 2. The van der Waals surface area contributed by atoms with E-state index in [-0.39, 0.29) is 11.8 Å². The highest BCUT2D eigenvalue weighted by molar-refractivity contribution is 6.01. The Kier molecular flexibility index (Phi) is 8.06. The third-order valence-electron chi connectivity index (χ3n) is 7.19. The van der Waals surface area contributed by atoms with Gasteiger partial charge in [-0.05, 0) is 49.4 Å². The number of nitrogens with one attached hydrogen (secondary N) is 2. The van der Waals surface area contributed by atoms with E-state index in [1.54, 1.807) is 37.6 Å². The molecule has 5 rings (SSSR count). The van der Waals surface area contributed by atoms with Gasteiger partial charge in [0.15, 0.2) is 5.82 Å². The van der Waals surface area contributed by atoms with Gasteiger partial charge in [-0.1, -0.05) is 26.5 Å².